The van der Waals surface area contributed by atoms with Crippen molar-refractivity contribution in [1.29, 1.82) is 5.26 Å². The van der Waals surface area contributed by atoms with Crippen LogP contribution in [0.15, 0.2) is 0 Å². The topological polar surface area (TPSA) is 53.3 Å². The Labute approximate surface area is 101 Å². The van der Waals surface area contributed by atoms with Gasteiger partial charge < -0.3 is 4.74 Å². The van der Waals surface area contributed by atoms with Crippen molar-refractivity contribution in [1.82, 2.24) is 4.90 Å². The summed E-state index contributed by atoms with van der Waals surface area (Å²) in [5.74, 6) is -0.200. The summed E-state index contributed by atoms with van der Waals surface area (Å²) in [6.45, 7) is 3.42. The SMILES string of the molecule is COC(=O)C(C)N1CCC(C#N)(SC)CC1. The van der Waals surface area contributed by atoms with E-state index >= 15 is 0 Å². The lowest BCUT2D eigenvalue weighted by atomic mass is 9.96. The van der Waals surface area contributed by atoms with Crippen LogP contribution in [0.4, 0.5) is 0 Å². The summed E-state index contributed by atoms with van der Waals surface area (Å²) < 4.78 is 4.46. The maximum absolute atomic E-state index is 11.4. The van der Waals surface area contributed by atoms with Crippen molar-refractivity contribution < 1.29 is 9.53 Å². The third-order valence-electron chi connectivity index (χ3n) is 3.29. The highest BCUT2D eigenvalue weighted by Gasteiger charge is 2.36. The molecule has 1 fully saturated rings. The minimum absolute atomic E-state index is 0.200. The number of nitriles is 1. The van der Waals surface area contributed by atoms with Gasteiger partial charge in [-0.05, 0) is 26.0 Å². The second-order valence-corrected chi connectivity index (χ2v) is 5.24. The summed E-state index contributed by atoms with van der Waals surface area (Å²) in [5.41, 5.74) is 0. The number of thioether (sulfide) groups is 1. The maximum atomic E-state index is 11.4. The molecule has 0 saturated carbocycles. The standard InChI is InChI=1S/C11H18N2O2S/c1-9(10(14)15-2)13-6-4-11(8-12,16-3)5-7-13/h9H,4-7H2,1-3H3. The molecule has 0 amide bonds. The molecule has 90 valence electrons. The normalized spacial score (nSPS) is 22.1. The van der Waals surface area contributed by atoms with E-state index in [1.54, 1.807) is 11.8 Å². The van der Waals surface area contributed by atoms with E-state index in [1.807, 2.05) is 13.2 Å². The Morgan fingerprint density at radius 2 is 2.12 bits per heavy atom. The number of rotatable bonds is 3. The number of hydrogen-bond acceptors (Lipinski definition) is 5. The summed E-state index contributed by atoms with van der Waals surface area (Å²) in [6.07, 6.45) is 3.60. The van der Waals surface area contributed by atoms with Crippen LogP contribution in [0.5, 0.6) is 0 Å². The van der Waals surface area contributed by atoms with E-state index in [2.05, 4.69) is 11.0 Å². The molecule has 0 bridgehead atoms. The fraction of sp³-hybridized carbons (Fsp3) is 0.818. The monoisotopic (exact) mass is 242 g/mol. The van der Waals surface area contributed by atoms with Gasteiger partial charge in [-0.15, -0.1) is 11.8 Å². The molecule has 5 heteroatoms. The van der Waals surface area contributed by atoms with Gasteiger partial charge in [-0.3, -0.25) is 9.69 Å². The molecule has 0 aromatic rings. The summed E-state index contributed by atoms with van der Waals surface area (Å²) in [4.78, 5) is 13.5. The highest BCUT2D eigenvalue weighted by molar-refractivity contribution is 8.00. The highest BCUT2D eigenvalue weighted by Crippen LogP contribution is 2.34. The van der Waals surface area contributed by atoms with Crippen molar-refractivity contribution in [3.8, 4) is 6.07 Å². The number of nitrogens with zero attached hydrogens (tertiary/aromatic N) is 2. The number of ether oxygens (including phenoxy) is 1. The van der Waals surface area contributed by atoms with Gasteiger partial charge in [0.05, 0.1) is 13.2 Å². The van der Waals surface area contributed by atoms with Gasteiger partial charge in [-0.1, -0.05) is 0 Å². The van der Waals surface area contributed by atoms with Gasteiger partial charge in [-0.25, -0.2) is 0 Å². The summed E-state index contributed by atoms with van der Waals surface area (Å²) in [7, 11) is 1.41. The lowest BCUT2D eigenvalue weighted by Crippen LogP contribution is -2.48. The fourth-order valence-electron chi connectivity index (χ4n) is 1.95. The minimum atomic E-state index is -0.258. The van der Waals surface area contributed by atoms with Crippen molar-refractivity contribution in [2.75, 3.05) is 26.5 Å². The third-order valence-corrected chi connectivity index (χ3v) is 4.57. The molecule has 4 nitrogen and oxygen atoms in total. The van der Waals surface area contributed by atoms with Crippen molar-refractivity contribution in [2.24, 2.45) is 0 Å². The lowest BCUT2D eigenvalue weighted by molar-refractivity contribution is -0.146. The van der Waals surface area contributed by atoms with Gasteiger partial charge >= 0.3 is 5.97 Å². The van der Waals surface area contributed by atoms with Gasteiger partial charge in [-0.2, -0.15) is 5.26 Å². The Hall–Kier alpha value is -0.730. The fourth-order valence-corrected chi connectivity index (χ4v) is 2.64. The minimum Gasteiger partial charge on any atom is -0.468 e. The quantitative estimate of drug-likeness (QED) is 0.698. The van der Waals surface area contributed by atoms with Crippen LogP contribution in [-0.2, 0) is 9.53 Å². The molecule has 1 aliphatic rings. The maximum Gasteiger partial charge on any atom is 0.322 e. The number of carbonyl (C=O) groups excluding carboxylic acids is 1. The highest BCUT2D eigenvalue weighted by atomic mass is 32.2. The van der Waals surface area contributed by atoms with Crippen molar-refractivity contribution in [3.63, 3.8) is 0 Å². The average molecular weight is 242 g/mol. The average Bonchev–Trinajstić information content (AvgIpc) is 2.37. The Morgan fingerprint density at radius 1 is 1.56 bits per heavy atom. The van der Waals surface area contributed by atoms with Crippen LogP contribution in [0, 0.1) is 11.3 Å². The molecule has 1 aliphatic heterocycles. The molecule has 1 saturated heterocycles. The number of piperidine rings is 1. The van der Waals surface area contributed by atoms with Crippen LogP contribution in [0.2, 0.25) is 0 Å². The van der Waals surface area contributed by atoms with E-state index in [4.69, 9.17) is 10.00 Å². The molecule has 1 rings (SSSR count). The van der Waals surface area contributed by atoms with Gasteiger partial charge in [0.1, 0.15) is 10.8 Å². The van der Waals surface area contributed by atoms with Crippen molar-refractivity contribution in [3.05, 3.63) is 0 Å². The van der Waals surface area contributed by atoms with Crippen LogP contribution in [0.1, 0.15) is 19.8 Å². The van der Waals surface area contributed by atoms with Crippen molar-refractivity contribution in [2.45, 2.75) is 30.6 Å². The predicted molar refractivity (Wildman–Crippen MR) is 64.1 cm³/mol. The van der Waals surface area contributed by atoms with Gasteiger partial charge in [0.2, 0.25) is 0 Å². The van der Waals surface area contributed by atoms with Crippen LogP contribution in [0.3, 0.4) is 0 Å². The Kier molecular flexibility index (Phi) is 4.63. The van der Waals surface area contributed by atoms with Crippen LogP contribution in [-0.4, -0.2) is 48.1 Å². The molecular weight excluding hydrogens is 224 g/mol. The molecule has 1 atom stereocenters. The second-order valence-electron chi connectivity index (χ2n) is 4.05. The van der Waals surface area contributed by atoms with Crippen LogP contribution in [0.25, 0.3) is 0 Å². The molecule has 0 radical (unpaired) electrons. The molecular formula is C11H18N2O2S. The second kappa shape index (κ2) is 5.55. The van der Waals surface area contributed by atoms with E-state index in [0.717, 1.165) is 25.9 Å². The summed E-state index contributed by atoms with van der Waals surface area (Å²) in [6, 6.07) is 2.18. The van der Waals surface area contributed by atoms with E-state index in [1.165, 1.54) is 7.11 Å². The first-order valence-corrected chi connectivity index (χ1v) is 6.59. The number of likely N-dealkylation sites (tertiary alicyclic amines) is 1. The van der Waals surface area contributed by atoms with Crippen molar-refractivity contribution >= 4 is 17.7 Å². The molecule has 0 spiro atoms. The van der Waals surface area contributed by atoms with E-state index in [9.17, 15) is 4.79 Å². The van der Waals surface area contributed by atoms with E-state index < -0.39 is 0 Å². The smallest absolute Gasteiger partial charge is 0.322 e. The zero-order valence-corrected chi connectivity index (χ0v) is 10.8. The molecule has 0 aromatic carbocycles. The lowest BCUT2D eigenvalue weighted by Gasteiger charge is -2.38. The number of hydrogen-bond donors (Lipinski definition) is 0. The van der Waals surface area contributed by atoms with E-state index in [-0.39, 0.29) is 16.8 Å². The Morgan fingerprint density at radius 3 is 2.50 bits per heavy atom. The first-order valence-electron chi connectivity index (χ1n) is 5.37. The Balaban J connectivity index is 2.55. The molecule has 1 unspecified atom stereocenters. The zero-order chi connectivity index (χ0) is 12.2. The number of esters is 1. The molecule has 0 aliphatic carbocycles. The number of methoxy groups -OCH3 is 1. The van der Waals surface area contributed by atoms with Crippen LogP contribution < -0.4 is 0 Å². The molecule has 0 N–H and O–H groups in total. The summed E-state index contributed by atoms with van der Waals surface area (Å²) in [5, 5.41) is 9.14. The van der Waals surface area contributed by atoms with Gasteiger partial charge in [0, 0.05) is 13.1 Å². The van der Waals surface area contributed by atoms with Crippen LogP contribution >= 0.6 is 11.8 Å². The number of carbonyl (C=O) groups is 1. The first kappa shape index (κ1) is 13.3. The van der Waals surface area contributed by atoms with Gasteiger partial charge in [0.25, 0.3) is 0 Å². The Bertz CT molecular complexity index is 293. The van der Waals surface area contributed by atoms with E-state index in [0.29, 0.717) is 0 Å². The first-order chi connectivity index (χ1) is 7.58. The zero-order valence-electron chi connectivity index (χ0n) is 10.0. The predicted octanol–water partition coefficient (Wildman–Crippen LogP) is 1.27. The largest absolute Gasteiger partial charge is 0.468 e. The summed E-state index contributed by atoms with van der Waals surface area (Å²) >= 11 is 1.62. The molecule has 1 heterocycles. The third kappa shape index (κ3) is 2.69. The van der Waals surface area contributed by atoms with Gasteiger partial charge in [0.15, 0.2) is 0 Å². The molecule has 0 aromatic heterocycles. The molecule has 16 heavy (non-hydrogen) atoms.